The van der Waals surface area contributed by atoms with Gasteiger partial charge in [0.1, 0.15) is 5.75 Å². The van der Waals surface area contributed by atoms with Gasteiger partial charge in [-0.2, -0.15) is 0 Å². The average molecular weight is 335 g/mol. The number of carbonyl (C=O) groups excluding carboxylic acids is 1. The van der Waals surface area contributed by atoms with Crippen LogP contribution in [0.1, 0.15) is 6.92 Å². The van der Waals surface area contributed by atoms with Crippen LogP contribution in [0, 0.1) is 0 Å². The van der Waals surface area contributed by atoms with Gasteiger partial charge in [0.25, 0.3) is 5.91 Å². The predicted molar refractivity (Wildman–Crippen MR) is 81.9 cm³/mol. The van der Waals surface area contributed by atoms with Gasteiger partial charge in [0.15, 0.2) is 6.61 Å². The maximum atomic E-state index is 12.2. The smallest absolute Gasteiger partial charge is 0.264 e. The Balaban J connectivity index is 2.00. The Morgan fingerprint density at radius 3 is 2.70 bits per heavy atom. The zero-order valence-electron chi connectivity index (χ0n) is 11.1. The summed E-state index contributed by atoms with van der Waals surface area (Å²) in [6, 6.07) is 11.0. The van der Waals surface area contributed by atoms with Gasteiger partial charge in [-0.25, -0.2) is 0 Å². The minimum Gasteiger partial charge on any atom is -0.484 e. The van der Waals surface area contributed by atoms with E-state index in [0.29, 0.717) is 12.3 Å². The number of aromatic nitrogens is 1. The first-order valence-electron chi connectivity index (χ1n) is 6.29. The van der Waals surface area contributed by atoms with Crippen molar-refractivity contribution in [3.63, 3.8) is 0 Å². The molecule has 0 bridgehead atoms. The molecule has 1 aromatic heterocycles. The Labute approximate surface area is 126 Å². The zero-order chi connectivity index (χ0) is 14.4. The Kier molecular flexibility index (Phi) is 5.12. The van der Waals surface area contributed by atoms with E-state index in [2.05, 4.69) is 20.9 Å². The van der Waals surface area contributed by atoms with Gasteiger partial charge in [0.2, 0.25) is 0 Å². The molecule has 0 aliphatic rings. The molecule has 0 aliphatic carbocycles. The van der Waals surface area contributed by atoms with Crippen LogP contribution in [0.4, 0.5) is 5.69 Å². The molecule has 0 N–H and O–H groups in total. The van der Waals surface area contributed by atoms with Crippen LogP contribution in [-0.4, -0.2) is 24.0 Å². The summed E-state index contributed by atoms with van der Waals surface area (Å²) in [7, 11) is 0. The van der Waals surface area contributed by atoms with Gasteiger partial charge in [-0.05, 0) is 37.3 Å². The van der Waals surface area contributed by atoms with Gasteiger partial charge in [-0.15, -0.1) is 0 Å². The molecule has 2 rings (SSSR count). The third-order valence-electron chi connectivity index (χ3n) is 2.75. The second-order valence-electron chi connectivity index (χ2n) is 4.09. The Morgan fingerprint density at radius 2 is 2.05 bits per heavy atom. The van der Waals surface area contributed by atoms with Crippen LogP contribution in [0.5, 0.6) is 5.75 Å². The summed E-state index contributed by atoms with van der Waals surface area (Å²) in [5.41, 5.74) is 0.824. The average Bonchev–Trinajstić information content (AvgIpc) is 2.47. The normalized spacial score (nSPS) is 10.1. The lowest BCUT2D eigenvalue weighted by Crippen LogP contribution is -2.34. The maximum Gasteiger partial charge on any atom is 0.264 e. The summed E-state index contributed by atoms with van der Waals surface area (Å²) < 4.78 is 6.44. The number of nitrogens with zero attached hydrogens (tertiary/aromatic N) is 2. The van der Waals surface area contributed by atoms with E-state index < -0.39 is 0 Å². The highest BCUT2D eigenvalue weighted by Crippen LogP contribution is 2.18. The molecule has 5 heteroatoms. The summed E-state index contributed by atoms with van der Waals surface area (Å²) in [4.78, 5) is 17.8. The van der Waals surface area contributed by atoms with E-state index in [0.717, 1.165) is 10.2 Å². The van der Waals surface area contributed by atoms with Gasteiger partial charge >= 0.3 is 0 Å². The quantitative estimate of drug-likeness (QED) is 0.842. The summed E-state index contributed by atoms with van der Waals surface area (Å²) >= 11 is 3.37. The number of likely N-dealkylation sites (N-methyl/N-ethyl adjacent to an activating group) is 1. The number of carbonyl (C=O) groups is 1. The molecule has 0 aliphatic heterocycles. The van der Waals surface area contributed by atoms with Gasteiger partial charge in [-0.3, -0.25) is 9.78 Å². The maximum absolute atomic E-state index is 12.2. The van der Waals surface area contributed by atoms with Crippen molar-refractivity contribution >= 4 is 27.5 Å². The first kappa shape index (κ1) is 14.5. The summed E-state index contributed by atoms with van der Waals surface area (Å²) in [6.07, 6.45) is 3.33. The first-order valence-corrected chi connectivity index (χ1v) is 7.08. The predicted octanol–water partition coefficient (Wildman–Crippen LogP) is 3.28. The molecule has 1 amide bonds. The minimum atomic E-state index is -0.0846. The van der Waals surface area contributed by atoms with E-state index in [4.69, 9.17) is 4.74 Å². The monoisotopic (exact) mass is 334 g/mol. The lowest BCUT2D eigenvalue weighted by Gasteiger charge is -2.20. The Morgan fingerprint density at radius 1 is 1.30 bits per heavy atom. The molecule has 1 aromatic carbocycles. The van der Waals surface area contributed by atoms with Crippen molar-refractivity contribution < 1.29 is 9.53 Å². The molecule has 0 spiro atoms. The number of pyridine rings is 1. The molecular weight excluding hydrogens is 320 g/mol. The molecule has 2 aromatic rings. The van der Waals surface area contributed by atoms with Gasteiger partial charge in [0.05, 0.1) is 0 Å². The van der Waals surface area contributed by atoms with E-state index in [1.807, 2.05) is 31.2 Å². The molecular formula is C15H15BrN2O2. The highest BCUT2D eigenvalue weighted by Gasteiger charge is 2.14. The highest BCUT2D eigenvalue weighted by atomic mass is 79.9. The van der Waals surface area contributed by atoms with Crippen LogP contribution < -0.4 is 9.64 Å². The molecule has 0 fully saturated rings. The largest absolute Gasteiger partial charge is 0.484 e. The third kappa shape index (κ3) is 3.81. The number of ether oxygens (including phenoxy) is 1. The van der Waals surface area contributed by atoms with Crippen molar-refractivity contribution in [2.75, 3.05) is 18.1 Å². The lowest BCUT2D eigenvalue weighted by molar-refractivity contribution is -0.120. The molecule has 1 heterocycles. The van der Waals surface area contributed by atoms with Crippen molar-refractivity contribution in [1.29, 1.82) is 0 Å². The number of rotatable bonds is 5. The zero-order valence-corrected chi connectivity index (χ0v) is 12.7. The molecule has 4 nitrogen and oxygen atoms in total. The number of halogens is 1. The highest BCUT2D eigenvalue weighted by molar-refractivity contribution is 9.10. The van der Waals surface area contributed by atoms with Gasteiger partial charge in [-0.1, -0.05) is 22.0 Å². The fraction of sp³-hybridized carbons (Fsp3) is 0.200. The van der Waals surface area contributed by atoms with E-state index in [1.54, 1.807) is 29.4 Å². The molecule has 0 saturated carbocycles. The van der Waals surface area contributed by atoms with E-state index in [9.17, 15) is 4.79 Å². The fourth-order valence-corrected chi connectivity index (χ4v) is 2.18. The number of hydrogen-bond acceptors (Lipinski definition) is 3. The number of benzene rings is 1. The molecule has 0 unspecified atom stereocenters. The van der Waals surface area contributed by atoms with E-state index in [1.165, 1.54) is 0 Å². The second-order valence-corrected chi connectivity index (χ2v) is 5.01. The Bertz CT molecular complexity index is 575. The summed E-state index contributed by atoms with van der Waals surface area (Å²) in [5.74, 6) is 0.581. The number of amides is 1. The molecule has 0 atom stereocenters. The molecule has 20 heavy (non-hydrogen) atoms. The lowest BCUT2D eigenvalue weighted by atomic mass is 10.3. The SMILES string of the molecule is CCN(C(=O)COc1cccc(Br)c1)c1ccncc1. The van der Waals surface area contributed by atoms with Crippen molar-refractivity contribution in [1.82, 2.24) is 4.98 Å². The Hall–Kier alpha value is -1.88. The van der Waals surface area contributed by atoms with Crippen molar-refractivity contribution in [3.8, 4) is 5.75 Å². The number of hydrogen-bond donors (Lipinski definition) is 0. The van der Waals surface area contributed by atoms with Crippen molar-refractivity contribution in [2.45, 2.75) is 6.92 Å². The van der Waals surface area contributed by atoms with Gasteiger partial charge in [0, 0.05) is 29.1 Å². The minimum absolute atomic E-state index is 0.00656. The third-order valence-corrected chi connectivity index (χ3v) is 3.24. The van der Waals surface area contributed by atoms with Crippen LogP contribution in [0.3, 0.4) is 0 Å². The van der Waals surface area contributed by atoms with E-state index in [-0.39, 0.29) is 12.5 Å². The van der Waals surface area contributed by atoms with Crippen LogP contribution in [0.2, 0.25) is 0 Å². The van der Waals surface area contributed by atoms with Gasteiger partial charge < -0.3 is 9.64 Å². The van der Waals surface area contributed by atoms with Crippen molar-refractivity contribution in [3.05, 3.63) is 53.3 Å². The van der Waals surface area contributed by atoms with E-state index >= 15 is 0 Å². The molecule has 104 valence electrons. The van der Waals surface area contributed by atoms with Crippen LogP contribution in [0.15, 0.2) is 53.3 Å². The fourth-order valence-electron chi connectivity index (χ4n) is 1.81. The second kappa shape index (κ2) is 7.05. The van der Waals surface area contributed by atoms with Crippen molar-refractivity contribution in [2.24, 2.45) is 0 Å². The van der Waals surface area contributed by atoms with Crippen LogP contribution in [0.25, 0.3) is 0 Å². The topological polar surface area (TPSA) is 42.4 Å². The first-order chi connectivity index (χ1) is 9.70. The molecule has 0 radical (unpaired) electrons. The summed E-state index contributed by atoms with van der Waals surface area (Å²) in [5, 5.41) is 0. The van der Waals surface area contributed by atoms with Crippen LogP contribution in [-0.2, 0) is 4.79 Å². The number of anilines is 1. The summed E-state index contributed by atoms with van der Waals surface area (Å²) in [6.45, 7) is 2.52. The van der Waals surface area contributed by atoms with Crippen LogP contribution >= 0.6 is 15.9 Å². The standard InChI is InChI=1S/C15H15BrN2O2/c1-2-18(13-6-8-17-9-7-13)15(19)11-20-14-5-3-4-12(16)10-14/h3-10H,2,11H2,1H3. The molecule has 0 saturated heterocycles.